The highest BCUT2D eigenvalue weighted by Crippen LogP contribution is 2.26. The second-order valence-corrected chi connectivity index (χ2v) is 5.59. The highest BCUT2D eigenvalue weighted by Gasteiger charge is 2.12. The first kappa shape index (κ1) is 13.1. The fourth-order valence-corrected chi connectivity index (χ4v) is 2.94. The second-order valence-electron chi connectivity index (χ2n) is 5.15. The predicted molar refractivity (Wildman–Crippen MR) is 90.4 cm³/mol. The van der Waals surface area contributed by atoms with Crippen LogP contribution in [0.4, 0.5) is 0 Å². The summed E-state index contributed by atoms with van der Waals surface area (Å²) in [7, 11) is 0. The second kappa shape index (κ2) is 5.00. The van der Waals surface area contributed by atoms with Gasteiger partial charge in [0.25, 0.3) is 0 Å². The topological polar surface area (TPSA) is 30.2 Å². The number of benzene rings is 3. The van der Waals surface area contributed by atoms with E-state index in [1.165, 1.54) is 6.26 Å². The summed E-state index contributed by atoms with van der Waals surface area (Å²) in [6, 6.07) is 18.8. The van der Waals surface area contributed by atoms with Crippen molar-refractivity contribution in [1.82, 2.24) is 0 Å². The SMILES string of the molecule is O=c1c(-c2cccc(Cl)c2)coc2ccc3ccccc3c12. The van der Waals surface area contributed by atoms with Crippen molar-refractivity contribution in [3.05, 3.63) is 82.2 Å². The van der Waals surface area contributed by atoms with E-state index in [-0.39, 0.29) is 5.43 Å². The number of hydrogen-bond donors (Lipinski definition) is 0. The lowest BCUT2D eigenvalue weighted by Gasteiger charge is -2.06. The molecule has 0 N–H and O–H groups in total. The molecular weight excluding hydrogens is 296 g/mol. The van der Waals surface area contributed by atoms with Crippen LogP contribution in [0.2, 0.25) is 5.02 Å². The van der Waals surface area contributed by atoms with E-state index < -0.39 is 0 Å². The van der Waals surface area contributed by atoms with Crippen LogP contribution in [0.15, 0.2) is 76.1 Å². The van der Waals surface area contributed by atoms with E-state index >= 15 is 0 Å². The fraction of sp³-hybridized carbons (Fsp3) is 0. The standard InChI is InChI=1S/C19H11ClO2/c20-14-6-3-5-13(10-14)16-11-22-17-9-8-12-4-1-2-7-15(12)18(17)19(16)21/h1-11H. The van der Waals surface area contributed by atoms with Crippen molar-refractivity contribution in [3.63, 3.8) is 0 Å². The summed E-state index contributed by atoms with van der Waals surface area (Å²) in [5.74, 6) is 0. The molecule has 4 aromatic rings. The van der Waals surface area contributed by atoms with Crippen LogP contribution < -0.4 is 5.43 Å². The van der Waals surface area contributed by atoms with Gasteiger partial charge in [0, 0.05) is 5.02 Å². The first-order chi connectivity index (χ1) is 10.7. The molecule has 3 heteroatoms. The first-order valence-corrected chi connectivity index (χ1v) is 7.31. The maximum Gasteiger partial charge on any atom is 0.201 e. The van der Waals surface area contributed by atoms with Crippen LogP contribution in [0.1, 0.15) is 0 Å². The molecule has 0 amide bonds. The van der Waals surface area contributed by atoms with Gasteiger partial charge in [-0.25, -0.2) is 0 Å². The van der Waals surface area contributed by atoms with Crippen molar-refractivity contribution in [2.45, 2.75) is 0 Å². The predicted octanol–water partition coefficient (Wildman–Crippen LogP) is 5.27. The summed E-state index contributed by atoms with van der Waals surface area (Å²) in [4.78, 5) is 13.0. The highest BCUT2D eigenvalue weighted by molar-refractivity contribution is 6.30. The van der Waals surface area contributed by atoms with E-state index in [0.29, 0.717) is 21.6 Å². The Balaban J connectivity index is 2.13. The third kappa shape index (κ3) is 2.00. The Bertz CT molecular complexity index is 1060. The van der Waals surface area contributed by atoms with E-state index in [2.05, 4.69) is 0 Å². The summed E-state index contributed by atoms with van der Waals surface area (Å²) in [5, 5.41) is 3.12. The summed E-state index contributed by atoms with van der Waals surface area (Å²) in [6.45, 7) is 0. The van der Waals surface area contributed by atoms with Crippen LogP contribution in [-0.4, -0.2) is 0 Å². The van der Waals surface area contributed by atoms with Gasteiger partial charge in [-0.15, -0.1) is 0 Å². The van der Waals surface area contributed by atoms with Crippen molar-refractivity contribution in [2.75, 3.05) is 0 Å². The third-order valence-electron chi connectivity index (χ3n) is 3.80. The minimum atomic E-state index is -0.0414. The van der Waals surface area contributed by atoms with Crippen LogP contribution in [-0.2, 0) is 0 Å². The monoisotopic (exact) mass is 306 g/mol. The van der Waals surface area contributed by atoms with Crippen LogP contribution >= 0.6 is 11.6 Å². The Morgan fingerprint density at radius 2 is 1.77 bits per heavy atom. The van der Waals surface area contributed by atoms with Crippen LogP contribution in [0, 0.1) is 0 Å². The zero-order valence-electron chi connectivity index (χ0n) is 11.5. The normalized spacial score (nSPS) is 11.1. The molecule has 22 heavy (non-hydrogen) atoms. The van der Waals surface area contributed by atoms with Crippen LogP contribution in [0.3, 0.4) is 0 Å². The summed E-state index contributed by atoms with van der Waals surface area (Å²) < 4.78 is 5.68. The molecule has 0 fully saturated rings. The number of fused-ring (bicyclic) bond motifs is 3. The van der Waals surface area contributed by atoms with Gasteiger partial charge in [0.2, 0.25) is 5.43 Å². The molecule has 0 bridgehead atoms. The van der Waals surface area contributed by atoms with Crippen molar-refractivity contribution in [2.24, 2.45) is 0 Å². The summed E-state index contributed by atoms with van der Waals surface area (Å²) in [5.41, 5.74) is 1.83. The molecule has 0 aliphatic heterocycles. The molecule has 3 aromatic carbocycles. The van der Waals surface area contributed by atoms with Gasteiger partial charge in [-0.2, -0.15) is 0 Å². The van der Waals surface area contributed by atoms with Crippen molar-refractivity contribution >= 4 is 33.3 Å². The Hall–Kier alpha value is -2.58. The third-order valence-corrected chi connectivity index (χ3v) is 4.04. The molecule has 0 unspecified atom stereocenters. The molecule has 106 valence electrons. The smallest absolute Gasteiger partial charge is 0.201 e. The van der Waals surface area contributed by atoms with Crippen LogP contribution in [0.25, 0.3) is 32.9 Å². The molecule has 4 rings (SSSR count). The summed E-state index contributed by atoms with van der Waals surface area (Å²) in [6.07, 6.45) is 1.51. The molecule has 0 radical (unpaired) electrons. The van der Waals surface area contributed by atoms with E-state index in [0.717, 1.165) is 16.3 Å². The molecule has 0 saturated carbocycles. The van der Waals surface area contributed by atoms with E-state index in [4.69, 9.17) is 16.0 Å². The van der Waals surface area contributed by atoms with Crippen molar-refractivity contribution in [3.8, 4) is 11.1 Å². The number of rotatable bonds is 1. The van der Waals surface area contributed by atoms with E-state index in [1.54, 1.807) is 12.1 Å². The van der Waals surface area contributed by atoms with Gasteiger partial charge in [-0.05, 0) is 34.5 Å². The van der Waals surface area contributed by atoms with Gasteiger partial charge < -0.3 is 4.42 Å². The molecule has 2 nitrogen and oxygen atoms in total. The average molecular weight is 307 g/mol. The molecule has 0 saturated heterocycles. The quantitative estimate of drug-likeness (QED) is 0.449. The largest absolute Gasteiger partial charge is 0.463 e. The fourth-order valence-electron chi connectivity index (χ4n) is 2.75. The Morgan fingerprint density at radius 1 is 0.909 bits per heavy atom. The Labute approximate surface area is 131 Å². The minimum absolute atomic E-state index is 0.0414. The van der Waals surface area contributed by atoms with E-state index in [9.17, 15) is 4.79 Å². The van der Waals surface area contributed by atoms with Crippen molar-refractivity contribution < 1.29 is 4.42 Å². The zero-order valence-corrected chi connectivity index (χ0v) is 12.3. The number of halogens is 1. The zero-order chi connectivity index (χ0) is 15.1. The maximum absolute atomic E-state index is 13.0. The minimum Gasteiger partial charge on any atom is -0.463 e. The Kier molecular flexibility index (Phi) is 2.98. The molecule has 0 spiro atoms. The lowest BCUT2D eigenvalue weighted by atomic mass is 10.0. The molecule has 0 aliphatic carbocycles. The van der Waals surface area contributed by atoms with Crippen molar-refractivity contribution in [1.29, 1.82) is 0 Å². The first-order valence-electron chi connectivity index (χ1n) is 6.93. The molecule has 0 atom stereocenters. The number of hydrogen-bond acceptors (Lipinski definition) is 2. The van der Waals surface area contributed by atoms with Gasteiger partial charge in [0.05, 0.1) is 10.9 Å². The van der Waals surface area contributed by atoms with Gasteiger partial charge in [0.15, 0.2) is 0 Å². The van der Waals surface area contributed by atoms with Gasteiger partial charge in [0.1, 0.15) is 11.8 Å². The van der Waals surface area contributed by atoms with E-state index in [1.807, 2.05) is 48.5 Å². The molecular formula is C19H11ClO2. The van der Waals surface area contributed by atoms with Gasteiger partial charge >= 0.3 is 0 Å². The van der Waals surface area contributed by atoms with Gasteiger partial charge in [-0.1, -0.05) is 54.1 Å². The molecule has 1 aromatic heterocycles. The lowest BCUT2D eigenvalue weighted by molar-refractivity contribution is 0.605. The van der Waals surface area contributed by atoms with Crippen LogP contribution in [0.5, 0.6) is 0 Å². The maximum atomic E-state index is 13.0. The van der Waals surface area contributed by atoms with Gasteiger partial charge in [-0.3, -0.25) is 4.79 Å². The summed E-state index contributed by atoms with van der Waals surface area (Å²) >= 11 is 6.03. The Morgan fingerprint density at radius 3 is 2.64 bits per heavy atom. The molecule has 0 aliphatic rings. The highest BCUT2D eigenvalue weighted by atomic mass is 35.5. The lowest BCUT2D eigenvalue weighted by Crippen LogP contribution is -2.05. The molecule has 1 heterocycles. The average Bonchev–Trinajstić information content (AvgIpc) is 2.55.